The van der Waals surface area contributed by atoms with Gasteiger partial charge < -0.3 is 24.8 Å². The fraction of sp³-hybridized carbons (Fsp3) is 0.235. The molecule has 0 unspecified atom stereocenters. The maximum Gasteiger partial charge on any atom is 0.387 e. The Morgan fingerprint density at radius 3 is 2.36 bits per heavy atom. The van der Waals surface area contributed by atoms with Gasteiger partial charge in [-0.3, -0.25) is 0 Å². The van der Waals surface area contributed by atoms with Crippen molar-refractivity contribution in [3.8, 4) is 17.2 Å². The second-order valence-corrected chi connectivity index (χ2v) is 5.65. The Morgan fingerprint density at radius 2 is 1.64 bits per heavy atom. The van der Waals surface area contributed by atoms with E-state index in [1.807, 2.05) is 18.2 Å². The molecule has 2 aromatic carbocycles. The van der Waals surface area contributed by atoms with E-state index in [9.17, 15) is 8.78 Å². The summed E-state index contributed by atoms with van der Waals surface area (Å²) in [5.74, 6) is 1.59. The molecule has 0 bridgehead atoms. The maximum absolute atomic E-state index is 12.1. The van der Waals surface area contributed by atoms with Crippen LogP contribution < -0.4 is 24.8 Å². The second-order valence-electron chi connectivity index (χ2n) is 5.25. The normalized spacial score (nSPS) is 12.1. The summed E-state index contributed by atoms with van der Waals surface area (Å²) in [4.78, 5) is 0. The molecule has 0 aromatic heterocycles. The first-order chi connectivity index (χ1) is 12.1. The number of halogens is 2. The standard InChI is InChI=1S/C17H16F2N2O3S/c18-16(19)24-13-4-1-11(2-5-13)8-20-17(25)21-9-12-3-6-14-15(7-12)23-10-22-14/h1-7,16H,8-10H2,(H2,20,21,25). The number of thiocarbonyl (C=S) groups is 1. The Kier molecular flexibility index (Phi) is 5.49. The molecular formula is C17H16F2N2O3S. The summed E-state index contributed by atoms with van der Waals surface area (Å²) in [5.41, 5.74) is 1.91. The van der Waals surface area contributed by atoms with Crippen molar-refractivity contribution in [3.05, 3.63) is 53.6 Å². The number of benzene rings is 2. The van der Waals surface area contributed by atoms with Crippen molar-refractivity contribution in [2.75, 3.05) is 6.79 Å². The molecule has 5 nitrogen and oxygen atoms in total. The van der Waals surface area contributed by atoms with Crippen LogP contribution in [-0.4, -0.2) is 18.5 Å². The molecule has 25 heavy (non-hydrogen) atoms. The van der Waals surface area contributed by atoms with E-state index in [0.29, 0.717) is 18.2 Å². The van der Waals surface area contributed by atoms with Crippen LogP contribution in [0.1, 0.15) is 11.1 Å². The molecule has 1 aliphatic heterocycles. The quantitative estimate of drug-likeness (QED) is 0.766. The van der Waals surface area contributed by atoms with Gasteiger partial charge in [0.05, 0.1) is 0 Å². The number of alkyl halides is 2. The molecule has 1 aliphatic rings. The lowest BCUT2D eigenvalue weighted by Crippen LogP contribution is -2.34. The van der Waals surface area contributed by atoms with Crippen molar-refractivity contribution in [2.24, 2.45) is 0 Å². The van der Waals surface area contributed by atoms with Crippen molar-refractivity contribution in [3.63, 3.8) is 0 Å². The summed E-state index contributed by atoms with van der Waals surface area (Å²) in [6.45, 7) is -1.56. The Balaban J connectivity index is 1.43. The van der Waals surface area contributed by atoms with Crippen LogP contribution in [0.2, 0.25) is 0 Å². The third-order valence-electron chi connectivity index (χ3n) is 3.49. The molecular weight excluding hydrogens is 350 g/mol. The van der Waals surface area contributed by atoms with E-state index in [2.05, 4.69) is 15.4 Å². The number of fused-ring (bicyclic) bond motifs is 1. The van der Waals surface area contributed by atoms with Crippen LogP contribution in [-0.2, 0) is 13.1 Å². The lowest BCUT2D eigenvalue weighted by atomic mass is 10.2. The summed E-state index contributed by atoms with van der Waals surface area (Å²) < 4.78 is 39.1. The highest BCUT2D eigenvalue weighted by molar-refractivity contribution is 7.80. The van der Waals surface area contributed by atoms with E-state index in [0.717, 1.165) is 22.6 Å². The predicted octanol–water partition coefficient (Wildman–Crippen LogP) is 3.18. The zero-order valence-corrected chi connectivity index (χ0v) is 13.9. The highest BCUT2D eigenvalue weighted by atomic mass is 32.1. The zero-order valence-electron chi connectivity index (χ0n) is 13.1. The van der Waals surface area contributed by atoms with Crippen LogP contribution in [0.15, 0.2) is 42.5 Å². The van der Waals surface area contributed by atoms with Gasteiger partial charge in [0.1, 0.15) is 5.75 Å². The first kappa shape index (κ1) is 17.2. The smallest absolute Gasteiger partial charge is 0.387 e. The van der Waals surface area contributed by atoms with Crippen LogP contribution in [0, 0.1) is 0 Å². The molecule has 1 heterocycles. The molecule has 0 fully saturated rings. The van der Waals surface area contributed by atoms with Gasteiger partial charge in [-0.2, -0.15) is 8.78 Å². The summed E-state index contributed by atoms with van der Waals surface area (Å²) in [5, 5.41) is 6.65. The molecule has 2 aromatic rings. The van der Waals surface area contributed by atoms with Gasteiger partial charge in [0.2, 0.25) is 6.79 Å². The summed E-state index contributed by atoms with van der Waals surface area (Å²) in [6.07, 6.45) is 0. The highest BCUT2D eigenvalue weighted by Gasteiger charge is 2.13. The van der Waals surface area contributed by atoms with Crippen LogP contribution >= 0.6 is 12.2 Å². The molecule has 3 rings (SSSR count). The summed E-state index contributed by atoms with van der Waals surface area (Å²) >= 11 is 5.23. The van der Waals surface area contributed by atoms with Gasteiger partial charge in [-0.25, -0.2) is 0 Å². The van der Waals surface area contributed by atoms with E-state index >= 15 is 0 Å². The molecule has 0 radical (unpaired) electrons. The van der Waals surface area contributed by atoms with Crippen molar-refractivity contribution < 1.29 is 23.0 Å². The number of hydrogen-bond acceptors (Lipinski definition) is 4. The van der Waals surface area contributed by atoms with E-state index in [-0.39, 0.29) is 12.5 Å². The van der Waals surface area contributed by atoms with E-state index in [4.69, 9.17) is 21.7 Å². The second kappa shape index (κ2) is 7.98. The van der Waals surface area contributed by atoms with E-state index in [1.165, 1.54) is 12.1 Å². The van der Waals surface area contributed by atoms with Gasteiger partial charge in [-0.1, -0.05) is 18.2 Å². The third-order valence-corrected chi connectivity index (χ3v) is 3.78. The molecule has 0 atom stereocenters. The fourth-order valence-corrected chi connectivity index (χ4v) is 2.41. The lowest BCUT2D eigenvalue weighted by molar-refractivity contribution is -0.0498. The van der Waals surface area contributed by atoms with Crippen molar-refractivity contribution in [1.29, 1.82) is 0 Å². The monoisotopic (exact) mass is 366 g/mol. The van der Waals surface area contributed by atoms with Gasteiger partial charge in [0, 0.05) is 13.1 Å². The van der Waals surface area contributed by atoms with Crippen LogP contribution in [0.5, 0.6) is 17.2 Å². The maximum atomic E-state index is 12.1. The van der Waals surface area contributed by atoms with Crippen LogP contribution in [0.25, 0.3) is 0 Å². The molecule has 8 heteroatoms. The van der Waals surface area contributed by atoms with Gasteiger partial charge in [0.15, 0.2) is 16.6 Å². The highest BCUT2D eigenvalue weighted by Crippen LogP contribution is 2.32. The topological polar surface area (TPSA) is 51.8 Å². The predicted molar refractivity (Wildman–Crippen MR) is 91.9 cm³/mol. The van der Waals surface area contributed by atoms with Crippen LogP contribution in [0.4, 0.5) is 8.78 Å². The van der Waals surface area contributed by atoms with Crippen LogP contribution in [0.3, 0.4) is 0 Å². The molecule has 0 saturated heterocycles. The van der Waals surface area contributed by atoms with Crippen molar-refractivity contribution in [1.82, 2.24) is 10.6 Å². The lowest BCUT2D eigenvalue weighted by Gasteiger charge is -2.11. The number of nitrogens with one attached hydrogen (secondary N) is 2. The molecule has 0 saturated carbocycles. The molecule has 0 spiro atoms. The molecule has 0 aliphatic carbocycles. The molecule has 2 N–H and O–H groups in total. The van der Waals surface area contributed by atoms with E-state index < -0.39 is 6.61 Å². The number of rotatable bonds is 6. The van der Waals surface area contributed by atoms with Gasteiger partial charge in [-0.15, -0.1) is 0 Å². The Labute approximate surface area is 148 Å². The average Bonchev–Trinajstić information content (AvgIpc) is 3.06. The number of hydrogen-bond donors (Lipinski definition) is 2. The van der Waals surface area contributed by atoms with Crippen molar-refractivity contribution in [2.45, 2.75) is 19.7 Å². The molecule has 0 amide bonds. The average molecular weight is 366 g/mol. The van der Waals surface area contributed by atoms with Gasteiger partial charge >= 0.3 is 6.61 Å². The summed E-state index contributed by atoms with van der Waals surface area (Å²) in [7, 11) is 0. The first-order valence-electron chi connectivity index (χ1n) is 7.54. The summed E-state index contributed by atoms with van der Waals surface area (Å²) in [6, 6.07) is 12.1. The largest absolute Gasteiger partial charge is 0.454 e. The fourth-order valence-electron chi connectivity index (χ4n) is 2.27. The van der Waals surface area contributed by atoms with Crippen molar-refractivity contribution >= 4 is 17.3 Å². The van der Waals surface area contributed by atoms with Gasteiger partial charge in [0.25, 0.3) is 0 Å². The zero-order chi connectivity index (χ0) is 17.6. The first-order valence-corrected chi connectivity index (χ1v) is 7.95. The minimum absolute atomic E-state index is 0.127. The number of ether oxygens (including phenoxy) is 3. The Hall–Kier alpha value is -2.61. The van der Waals surface area contributed by atoms with Gasteiger partial charge in [-0.05, 0) is 47.6 Å². The SMILES string of the molecule is FC(F)Oc1ccc(CNC(=S)NCc2ccc3c(c2)OCO3)cc1. The third kappa shape index (κ3) is 4.93. The Morgan fingerprint density at radius 1 is 1.00 bits per heavy atom. The Bertz CT molecular complexity index is 741. The minimum Gasteiger partial charge on any atom is -0.454 e. The van der Waals surface area contributed by atoms with E-state index in [1.54, 1.807) is 12.1 Å². The minimum atomic E-state index is -2.82. The molecule has 132 valence electrons.